The van der Waals surface area contributed by atoms with Crippen molar-refractivity contribution in [3.8, 4) is 0 Å². The Morgan fingerprint density at radius 2 is 1.72 bits per heavy atom. The van der Waals surface area contributed by atoms with Gasteiger partial charge in [-0.25, -0.2) is 4.39 Å². The van der Waals surface area contributed by atoms with E-state index in [-0.39, 0.29) is 24.1 Å². The molecule has 0 aliphatic rings. The highest BCUT2D eigenvalue weighted by Gasteiger charge is 2.12. The Morgan fingerprint density at radius 1 is 1.04 bits per heavy atom. The molecule has 5 heteroatoms. The van der Waals surface area contributed by atoms with Gasteiger partial charge in [-0.2, -0.15) is 0 Å². The SMILES string of the molecule is CC(=O)N(CCC(=O)Nc1ccc(C)c(C)c1)Cc1ccc(F)cc1. The average Bonchev–Trinajstić information content (AvgIpc) is 2.56. The number of rotatable bonds is 6. The molecule has 0 unspecified atom stereocenters. The lowest BCUT2D eigenvalue weighted by atomic mass is 10.1. The monoisotopic (exact) mass is 342 g/mol. The van der Waals surface area contributed by atoms with Crippen LogP contribution in [0.5, 0.6) is 0 Å². The second-order valence-electron chi connectivity index (χ2n) is 6.16. The Morgan fingerprint density at radius 3 is 2.32 bits per heavy atom. The molecule has 0 heterocycles. The van der Waals surface area contributed by atoms with Gasteiger partial charge in [0.1, 0.15) is 5.82 Å². The smallest absolute Gasteiger partial charge is 0.226 e. The fourth-order valence-corrected chi connectivity index (χ4v) is 2.44. The molecule has 25 heavy (non-hydrogen) atoms. The minimum Gasteiger partial charge on any atom is -0.338 e. The van der Waals surface area contributed by atoms with Gasteiger partial charge in [0.15, 0.2) is 0 Å². The largest absolute Gasteiger partial charge is 0.338 e. The number of nitrogens with zero attached hydrogens (tertiary/aromatic N) is 1. The van der Waals surface area contributed by atoms with E-state index in [1.165, 1.54) is 24.6 Å². The van der Waals surface area contributed by atoms with Gasteiger partial charge in [-0.15, -0.1) is 0 Å². The summed E-state index contributed by atoms with van der Waals surface area (Å²) in [6, 6.07) is 11.7. The molecule has 0 aliphatic heterocycles. The third-order valence-corrected chi connectivity index (χ3v) is 4.13. The van der Waals surface area contributed by atoms with Crippen molar-refractivity contribution in [3.63, 3.8) is 0 Å². The number of halogens is 1. The molecule has 0 spiro atoms. The standard InChI is InChI=1S/C20H23FN2O2/c1-14-4-9-19(12-15(14)2)22-20(25)10-11-23(16(3)24)13-17-5-7-18(21)8-6-17/h4-9,12H,10-11,13H2,1-3H3,(H,22,25). The van der Waals surface area contributed by atoms with Crippen LogP contribution in [0.3, 0.4) is 0 Å². The summed E-state index contributed by atoms with van der Waals surface area (Å²) in [6.45, 7) is 6.13. The summed E-state index contributed by atoms with van der Waals surface area (Å²) in [5.41, 5.74) is 3.85. The number of nitrogens with one attached hydrogen (secondary N) is 1. The van der Waals surface area contributed by atoms with Crippen molar-refractivity contribution in [2.24, 2.45) is 0 Å². The van der Waals surface area contributed by atoms with Gasteiger partial charge >= 0.3 is 0 Å². The highest BCUT2D eigenvalue weighted by atomic mass is 19.1. The number of hydrogen-bond acceptors (Lipinski definition) is 2. The minimum atomic E-state index is -0.314. The number of hydrogen-bond donors (Lipinski definition) is 1. The van der Waals surface area contributed by atoms with Crippen molar-refractivity contribution in [2.75, 3.05) is 11.9 Å². The lowest BCUT2D eigenvalue weighted by molar-refractivity contribution is -0.129. The molecular formula is C20H23FN2O2. The maximum absolute atomic E-state index is 13.0. The molecule has 2 rings (SSSR count). The van der Waals surface area contributed by atoms with E-state index in [0.29, 0.717) is 13.1 Å². The molecule has 132 valence electrons. The van der Waals surface area contributed by atoms with E-state index in [1.54, 1.807) is 17.0 Å². The van der Waals surface area contributed by atoms with Crippen LogP contribution in [0.4, 0.5) is 10.1 Å². The summed E-state index contributed by atoms with van der Waals surface area (Å²) in [4.78, 5) is 25.5. The summed E-state index contributed by atoms with van der Waals surface area (Å²) in [7, 11) is 0. The highest BCUT2D eigenvalue weighted by molar-refractivity contribution is 5.91. The summed E-state index contributed by atoms with van der Waals surface area (Å²) >= 11 is 0. The van der Waals surface area contributed by atoms with Crippen molar-refractivity contribution in [1.82, 2.24) is 4.90 Å². The molecule has 0 radical (unpaired) electrons. The van der Waals surface area contributed by atoms with Gasteiger partial charge in [0.25, 0.3) is 0 Å². The number of anilines is 1. The van der Waals surface area contributed by atoms with Gasteiger partial charge in [0.2, 0.25) is 11.8 Å². The topological polar surface area (TPSA) is 49.4 Å². The van der Waals surface area contributed by atoms with Crippen LogP contribution < -0.4 is 5.32 Å². The summed E-state index contributed by atoms with van der Waals surface area (Å²) < 4.78 is 13.0. The molecule has 0 saturated carbocycles. The Kier molecular flexibility index (Phi) is 6.28. The van der Waals surface area contributed by atoms with E-state index in [9.17, 15) is 14.0 Å². The van der Waals surface area contributed by atoms with Crippen molar-refractivity contribution < 1.29 is 14.0 Å². The highest BCUT2D eigenvalue weighted by Crippen LogP contribution is 2.14. The van der Waals surface area contributed by atoms with Gasteiger partial charge < -0.3 is 10.2 Å². The number of benzene rings is 2. The molecule has 0 fully saturated rings. The van der Waals surface area contributed by atoms with Crippen molar-refractivity contribution in [3.05, 3.63) is 65.0 Å². The molecule has 4 nitrogen and oxygen atoms in total. The van der Waals surface area contributed by atoms with E-state index in [1.807, 2.05) is 32.0 Å². The number of amides is 2. The normalized spacial score (nSPS) is 10.4. The van der Waals surface area contributed by atoms with E-state index < -0.39 is 0 Å². The first-order chi connectivity index (χ1) is 11.8. The van der Waals surface area contributed by atoms with Crippen LogP contribution in [0.1, 0.15) is 30.0 Å². The zero-order chi connectivity index (χ0) is 18.4. The molecule has 0 bridgehead atoms. The number of aryl methyl sites for hydroxylation is 2. The van der Waals surface area contributed by atoms with E-state index in [4.69, 9.17) is 0 Å². The van der Waals surface area contributed by atoms with E-state index in [0.717, 1.165) is 16.8 Å². The number of carbonyl (C=O) groups is 2. The Hall–Kier alpha value is -2.69. The maximum Gasteiger partial charge on any atom is 0.226 e. The summed E-state index contributed by atoms with van der Waals surface area (Å²) in [5, 5.41) is 2.85. The molecule has 2 amide bonds. The summed E-state index contributed by atoms with van der Waals surface area (Å²) in [6.07, 6.45) is 0.202. The molecular weight excluding hydrogens is 319 g/mol. The van der Waals surface area contributed by atoms with Crippen LogP contribution in [0, 0.1) is 19.7 Å². The van der Waals surface area contributed by atoms with Crippen LogP contribution >= 0.6 is 0 Å². The third-order valence-electron chi connectivity index (χ3n) is 4.13. The fraction of sp³-hybridized carbons (Fsp3) is 0.300. The second kappa shape index (κ2) is 8.42. The van der Waals surface area contributed by atoms with Crippen LogP contribution in [0.25, 0.3) is 0 Å². The zero-order valence-electron chi connectivity index (χ0n) is 14.8. The number of carbonyl (C=O) groups excluding carboxylic acids is 2. The Labute approximate surface area is 147 Å². The van der Waals surface area contributed by atoms with E-state index in [2.05, 4.69) is 5.32 Å². The first-order valence-electron chi connectivity index (χ1n) is 8.22. The molecule has 0 atom stereocenters. The lowest BCUT2D eigenvalue weighted by Crippen LogP contribution is -2.31. The van der Waals surface area contributed by atoms with Crippen LogP contribution in [-0.2, 0) is 16.1 Å². The second-order valence-corrected chi connectivity index (χ2v) is 6.16. The molecule has 0 aliphatic carbocycles. The van der Waals surface area contributed by atoms with Gasteiger partial charge in [0.05, 0.1) is 0 Å². The van der Waals surface area contributed by atoms with E-state index >= 15 is 0 Å². The zero-order valence-corrected chi connectivity index (χ0v) is 14.8. The van der Waals surface area contributed by atoms with Gasteiger partial charge in [-0.3, -0.25) is 9.59 Å². The maximum atomic E-state index is 13.0. The Balaban J connectivity index is 1.91. The Bertz CT molecular complexity index is 757. The fourth-order valence-electron chi connectivity index (χ4n) is 2.44. The quantitative estimate of drug-likeness (QED) is 0.867. The van der Waals surface area contributed by atoms with Gasteiger partial charge in [-0.1, -0.05) is 18.2 Å². The predicted molar refractivity (Wildman–Crippen MR) is 96.7 cm³/mol. The van der Waals surface area contributed by atoms with Gasteiger partial charge in [-0.05, 0) is 54.8 Å². The van der Waals surface area contributed by atoms with Crippen LogP contribution in [0.15, 0.2) is 42.5 Å². The van der Waals surface area contributed by atoms with Gasteiger partial charge in [0, 0.05) is 32.1 Å². The molecule has 0 aromatic heterocycles. The lowest BCUT2D eigenvalue weighted by Gasteiger charge is -2.21. The van der Waals surface area contributed by atoms with Crippen LogP contribution in [0.2, 0.25) is 0 Å². The molecule has 2 aromatic rings. The predicted octanol–water partition coefficient (Wildman–Crippen LogP) is 3.82. The molecule has 0 saturated heterocycles. The average molecular weight is 342 g/mol. The van der Waals surface area contributed by atoms with Crippen LogP contribution in [-0.4, -0.2) is 23.3 Å². The van der Waals surface area contributed by atoms with Crippen molar-refractivity contribution >= 4 is 17.5 Å². The third kappa shape index (κ3) is 5.71. The minimum absolute atomic E-state index is 0.122. The molecule has 2 aromatic carbocycles. The first-order valence-corrected chi connectivity index (χ1v) is 8.22. The first kappa shape index (κ1) is 18.6. The molecule has 1 N–H and O–H groups in total. The van der Waals surface area contributed by atoms with Crippen molar-refractivity contribution in [2.45, 2.75) is 33.7 Å². The van der Waals surface area contributed by atoms with Crippen molar-refractivity contribution in [1.29, 1.82) is 0 Å². The summed E-state index contributed by atoms with van der Waals surface area (Å²) in [5.74, 6) is -0.581.